The second-order valence-electron chi connectivity index (χ2n) is 5.52. The normalized spacial score (nSPS) is 11.0. The molecular weight excluding hydrogens is 320 g/mol. The van der Waals surface area contributed by atoms with Crippen molar-refractivity contribution < 1.29 is 38.4 Å². The van der Waals surface area contributed by atoms with E-state index < -0.39 is 18.6 Å². The van der Waals surface area contributed by atoms with Crippen molar-refractivity contribution >= 4 is 0 Å². The quantitative estimate of drug-likeness (QED) is 0.300. The summed E-state index contributed by atoms with van der Waals surface area (Å²) in [5, 5.41) is 0. The van der Waals surface area contributed by atoms with Gasteiger partial charge in [-0.2, -0.15) is 0 Å². The standard InChI is InChI=1S/C16H33O3.H2O.O.Ti/c1-2-3-4-5-6-7-8-9-10-11-13-18-15-16-19-14-12-17;;;/h2-16H2,1H3;1H2;;/q-1;;;+2/p-1. The molecule has 0 saturated heterocycles. The van der Waals surface area contributed by atoms with E-state index in [9.17, 15) is 3.32 Å². The zero-order valence-electron chi connectivity index (χ0n) is 14.2. The Hall–Kier alpha value is 0.354. The molecule has 6 heteroatoms. The van der Waals surface area contributed by atoms with Crippen LogP contribution in [0.5, 0.6) is 0 Å². The molecule has 22 heavy (non-hydrogen) atoms. The van der Waals surface area contributed by atoms with E-state index in [2.05, 4.69) is 10.2 Å². The predicted octanol–water partition coefficient (Wildman–Crippen LogP) is 3.74. The van der Waals surface area contributed by atoms with Gasteiger partial charge in [0.25, 0.3) is 0 Å². The number of ether oxygens (including phenoxy) is 2. The molecule has 0 bridgehead atoms. The molecule has 0 heterocycles. The van der Waals surface area contributed by atoms with Crippen LogP contribution in [0.25, 0.3) is 0 Å². The van der Waals surface area contributed by atoms with Gasteiger partial charge >= 0.3 is 97.1 Å². The van der Waals surface area contributed by atoms with E-state index in [1.165, 1.54) is 57.8 Å². The molecule has 0 aliphatic heterocycles. The van der Waals surface area contributed by atoms with Crippen LogP contribution < -0.4 is 0 Å². The van der Waals surface area contributed by atoms with E-state index in [4.69, 9.17) is 13.2 Å². The van der Waals surface area contributed by atoms with Crippen LogP contribution in [0.15, 0.2) is 0 Å². The molecule has 1 N–H and O–H groups in total. The number of hydrogen-bond acceptors (Lipinski definition) is 4. The van der Waals surface area contributed by atoms with E-state index in [0.29, 0.717) is 19.8 Å². The molecule has 132 valence electrons. The molecule has 0 rings (SSSR count). The van der Waals surface area contributed by atoms with Crippen LogP contribution in [0.1, 0.15) is 71.1 Å². The van der Waals surface area contributed by atoms with Crippen molar-refractivity contribution in [3.8, 4) is 0 Å². The first-order chi connectivity index (χ1) is 10.8. The van der Waals surface area contributed by atoms with E-state index in [1.807, 2.05) is 0 Å². The van der Waals surface area contributed by atoms with Crippen molar-refractivity contribution in [3.63, 3.8) is 0 Å². The van der Waals surface area contributed by atoms with Crippen molar-refractivity contribution in [2.45, 2.75) is 71.1 Å². The zero-order chi connectivity index (χ0) is 16.3. The molecule has 0 aromatic carbocycles. The van der Waals surface area contributed by atoms with Gasteiger partial charge in [0.15, 0.2) is 0 Å². The molecule has 0 radical (unpaired) electrons. The molecule has 0 unspecified atom stereocenters. The van der Waals surface area contributed by atoms with Gasteiger partial charge in [-0.25, -0.2) is 0 Å². The first-order valence-corrected chi connectivity index (χ1v) is 10.8. The maximum absolute atomic E-state index is 10.3. The van der Waals surface area contributed by atoms with Gasteiger partial charge in [-0.1, -0.05) is 45.4 Å². The number of hydrogen-bond donors (Lipinski definition) is 1. The summed E-state index contributed by atoms with van der Waals surface area (Å²) in [5.41, 5.74) is 0. The summed E-state index contributed by atoms with van der Waals surface area (Å²) in [6.45, 7) is 4.68. The summed E-state index contributed by atoms with van der Waals surface area (Å²) in [7, 11) is 0. The summed E-state index contributed by atoms with van der Waals surface area (Å²) in [5.74, 6) is 0. The van der Waals surface area contributed by atoms with Crippen LogP contribution in [0, 0.1) is 0 Å². The Balaban J connectivity index is 2.95. The van der Waals surface area contributed by atoms with Crippen LogP contribution in [-0.4, -0.2) is 36.7 Å². The van der Waals surface area contributed by atoms with Crippen molar-refractivity contribution in [1.82, 2.24) is 0 Å². The van der Waals surface area contributed by atoms with Crippen molar-refractivity contribution in [1.29, 1.82) is 0 Å². The molecule has 0 aliphatic rings. The molecule has 0 aliphatic carbocycles. The Kier molecular flexibility index (Phi) is 19.7. The van der Waals surface area contributed by atoms with Crippen LogP contribution in [0.3, 0.4) is 0 Å². The van der Waals surface area contributed by atoms with Gasteiger partial charge < -0.3 is 0 Å². The Bertz CT molecular complexity index is 239. The molecule has 5 nitrogen and oxygen atoms in total. The summed E-state index contributed by atoms with van der Waals surface area (Å²) >= 11 is -3.36. The zero-order valence-corrected chi connectivity index (χ0v) is 15.7. The third-order valence-electron chi connectivity index (χ3n) is 3.47. The molecule has 0 aromatic rings. The monoisotopic (exact) mass is 354 g/mol. The van der Waals surface area contributed by atoms with E-state index in [1.54, 1.807) is 0 Å². The van der Waals surface area contributed by atoms with Crippen LogP contribution in [-0.2, 0) is 34.7 Å². The Morgan fingerprint density at radius 3 is 1.68 bits per heavy atom. The Labute approximate surface area is 142 Å². The van der Waals surface area contributed by atoms with Crippen molar-refractivity contribution in [2.75, 3.05) is 33.0 Å². The SMILES string of the molecule is CCCCCCCCCCCCOCCOCC[O][Ti](=[O])[OH]. The number of rotatable bonds is 18. The van der Waals surface area contributed by atoms with Crippen LogP contribution in [0.4, 0.5) is 0 Å². The van der Waals surface area contributed by atoms with Gasteiger partial charge in [0, 0.05) is 0 Å². The first-order valence-electron chi connectivity index (χ1n) is 8.78. The maximum atomic E-state index is 10.3. The molecule has 0 amide bonds. The summed E-state index contributed by atoms with van der Waals surface area (Å²) in [6, 6.07) is 0. The molecule has 0 saturated carbocycles. The topological polar surface area (TPSA) is 65.0 Å². The third kappa shape index (κ3) is 20.4. The molecule has 0 spiro atoms. The number of unbranched alkanes of at least 4 members (excludes halogenated alkanes) is 9. The minimum absolute atomic E-state index is 0.188. The summed E-state index contributed by atoms with van der Waals surface area (Å²) < 4.78 is 34.0. The predicted molar refractivity (Wildman–Crippen MR) is 82.3 cm³/mol. The van der Waals surface area contributed by atoms with Crippen LogP contribution in [0.2, 0.25) is 0 Å². The van der Waals surface area contributed by atoms with Crippen molar-refractivity contribution in [2.24, 2.45) is 0 Å². The fraction of sp³-hybridized carbons (Fsp3) is 1.00. The fourth-order valence-corrected chi connectivity index (χ4v) is 2.60. The molecular formula is C16H34O5Ti. The van der Waals surface area contributed by atoms with E-state index >= 15 is 0 Å². The van der Waals surface area contributed by atoms with Gasteiger partial charge in [-0.3, -0.25) is 0 Å². The van der Waals surface area contributed by atoms with Gasteiger partial charge in [-0.05, 0) is 0 Å². The molecule has 0 aromatic heterocycles. The van der Waals surface area contributed by atoms with Gasteiger partial charge in [0.05, 0.1) is 0 Å². The molecule has 0 fully saturated rings. The minimum atomic E-state index is -3.36. The first kappa shape index (κ1) is 22.4. The fourth-order valence-electron chi connectivity index (χ4n) is 2.20. The van der Waals surface area contributed by atoms with Gasteiger partial charge in [0.2, 0.25) is 0 Å². The second-order valence-corrected chi connectivity index (χ2v) is 6.80. The van der Waals surface area contributed by atoms with Crippen LogP contribution >= 0.6 is 0 Å². The summed E-state index contributed by atoms with van der Waals surface area (Å²) in [4.78, 5) is 0. The average molecular weight is 354 g/mol. The average Bonchev–Trinajstić information content (AvgIpc) is 2.50. The van der Waals surface area contributed by atoms with Gasteiger partial charge in [-0.15, -0.1) is 0 Å². The summed E-state index contributed by atoms with van der Waals surface area (Å²) in [6.07, 6.45) is 13.3. The van der Waals surface area contributed by atoms with E-state index in [-0.39, 0.29) is 6.61 Å². The Morgan fingerprint density at radius 2 is 1.14 bits per heavy atom. The Morgan fingerprint density at radius 1 is 0.682 bits per heavy atom. The van der Waals surface area contributed by atoms with Crippen molar-refractivity contribution in [3.05, 3.63) is 0 Å². The second kappa shape index (κ2) is 19.4. The molecule has 0 atom stereocenters. The van der Waals surface area contributed by atoms with E-state index in [0.717, 1.165) is 13.0 Å². The third-order valence-corrected chi connectivity index (χ3v) is 4.17. The van der Waals surface area contributed by atoms with Gasteiger partial charge in [0.1, 0.15) is 0 Å².